The molecular formula is C12H13NO2S. The highest BCUT2D eigenvalue weighted by atomic mass is 32.1. The van der Waals surface area contributed by atoms with Gasteiger partial charge in [0, 0.05) is 10.1 Å². The van der Waals surface area contributed by atoms with Crippen LogP contribution in [0.15, 0.2) is 24.3 Å². The van der Waals surface area contributed by atoms with Gasteiger partial charge in [-0.2, -0.15) is 0 Å². The van der Waals surface area contributed by atoms with Crippen molar-refractivity contribution in [2.24, 2.45) is 5.73 Å². The van der Waals surface area contributed by atoms with Crippen molar-refractivity contribution >= 4 is 27.3 Å². The fraction of sp³-hybridized carbons (Fsp3) is 0.250. The van der Waals surface area contributed by atoms with Crippen molar-refractivity contribution in [2.45, 2.75) is 13.3 Å². The van der Waals surface area contributed by atoms with Crippen LogP contribution in [0.25, 0.3) is 10.1 Å². The predicted molar refractivity (Wildman–Crippen MR) is 66.1 cm³/mol. The van der Waals surface area contributed by atoms with Gasteiger partial charge in [-0.3, -0.25) is 4.79 Å². The highest BCUT2D eigenvalue weighted by molar-refractivity contribution is 7.21. The lowest BCUT2D eigenvalue weighted by Crippen LogP contribution is -2.10. The molecular weight excluding hydrogens is 222 g/mol. The summed E-state index contributed by atoms with van der Waals surface area (Å²) in [6.07, 6.45) is 0.905. The van der Waals surface area contributed by atoms with Crippen molar-refractivity contribution in [1.82, 2.24) is 0 Å². The Labute approximate surface area is 97.8 Å². The van der Waals surface area contributed by atoms with E-state index in [0.29, 0.717) is 17.2 Å². The average Bonchev–Trinajstić information content (AvgIpc) is 2.65. The maximum atomic E-state index is 11.3. The number of fused-ring (bicyclic) bond motifs is 1. The predicted octanol–water partition coefficient (Wildman–Crippen LogP) is 2.79. The first kappa shape index (κ1) is 11.0. The van der Waals surface area contributed by atoms with Crippen LogP contribution < -0.4 is 10.5 Å². The largest absolute Gasteiger partial charge is 0.491 e. The Kier molecular flexibility index (Phi) is 3.10. The molecule has 2 rings (SSSR count). The lowest BCUT2D eigenvalue weighted by atomic mass is 10.2. The number of nitrogens with two attached hydrogens (primary N) is 1. The van der Waals surface area contributed by atoms with Gasteiger partial charge in [-0.05, 0) is 18.6 Å². The summed E-state index contributed by atoms with van der Waals surface area (Å²) in [5.74, 6) is 0.210. The number of primary amides is 1. The molecule has 3 nitrogen and oxygen atoms in total. The standard InChI is InChI=1S/C12H13NO2S/c1-2-7-15-10-8-5-3-4-6-9(8)16-11(10)12(13)14/h3-6H,2,7H2,1H3,(H2,13,14). The van der Waals surface area contributed by atoms with Gasteiger partial charge in [0.05, 0.1) is 6.61 Å². The second-order valence-corrected chi connectivity index (χ2v) is 4.52. The van der Waals surface area contributed by atoms with Crippen LogP contribution in [0.5, 0.6) is 5.75 Å². The van der Waals surface area contributed by atoms with Crippen molar-refractivity contribution in [3.8, 4) is 5.75 Å². The maximum Gasteiger partial charge on any atom is 0.262 e. The molecule has 0 aliphatic rings. The van der Waals surface area contributed by atoms with Gasteiger partial charge in [0.2, 0.25) is 0 Å². The quantitative estimate of drug-likeness (QED) is 0.885. The van der Waals surface area contributed by atoms with E-state index < -0.39 is 5.91 Å². The number of ether oxygens (including phenoxy) is 1. The minimum atomic E-state index is -0.424. The molecule has 4 heteroatoms. The molecule has 1 aromatic heterocycles. The third kappa shape index (κ3) is 1.88. The third-order valence-corrected chi connectivity index (χ3v) is 3.39. The van der Waals surface area contributed by atoms with Crippen molar-refractivity contribution in [3.63, 3.8) is 0 Å². The van der Waals surface area contributed by atoms with Gasteiger partial charge in [-0.15, -0.1) is 11.3 Å². The van der Waals surface area contributed by atoms with Gasteiger partial charge in [0.1, 0.15) is 4.88 Å². The summed E-state index contributed by atoms with van der Waals surface area (Å²) in [6.45, 7) is 2.62. The van der Waals surface area contributed by atoms with E-state index in [1.807, 2.05) is 31.2 Å². The molecule has 2 aromatic rings. The zero-order valence-corrected chi connectivity index (χ0v) is 9.84. The summed E-state index contributed by atoms with van der Waals surface area (Å²) < 4.78 is 6.64. The number of rotatable bonds is 4. The van der Waals surface area contributed by atoms with E-state index in [2.05, 4.69) is 0 Å². The fourth-order valence-electron chi connectivity index (χ4n) is 1.53. The Morgan fingerprint density at radius 3 is 2.88 bits per heavy atom. The molecule has 0 saturated heterocycles. The number of amides is 1. The molecule has 1 heterocycles. The zero-order chi connectivity index (χ0) is 11.5. The van der Waals surface area contributed by atoms with Crippen LogP contribution in [0.3, 0.4) is 0 Å². The van der Waals surface area contributed by atoms with Crippen molar-refractivity contribution in [1.29, 1.82) is 0 Å². The second-order valence-electron chi connectivity index (χ2n) is 3.47. The summed E-state index contributed by atoms with van der Waals surface area (Å²) in [6, 6.07) is 7.78. The first-order valence-electron chi connectivity index (χ1n) is 5.18. The number of thiophene rings is 1. The van der Waals surface area contributed by atoms with E-state index in [0.717, 1.165) is 16.5 Å². The van der Waals surface area contributed by atoms with E-state index in [1.54, 1.807) is 0 Å². The molecule has 0 saturated carbocycles. The highest BCUT2D eigenvalue weighted by Gasteiger charge is 2.16. The van der Waals surface area contributed by atoms with Crippen LogP contribution in [0.1, 0.15) is 23.0 Å². The van der Waals surface area contributed by atoms with Crippen molar-refractivity contribution in [3.05, 3.63) is 29.1 Å². The number of benzene rings is 1. The molecule has 0 bridgehead atoms. The van der Waals surface area contributed by atoms with Crippen LogP contribution in [0, 0.1) is 0 Å². The maximum absolute atomic E-state index is 11.3. The van der Waals surface area contributed by atoms with E-state index in [9.17, 15) is 4.79 Å². The SMILES string of the molecule is CCCOc1c(C(N)=O)sc2ccccc12. The third-order valence-electron chi connectivity index (χ3n) is 2.22. The summed E-state index contributed by atoms with van der Waals surface area (Å²) in [7, 11) is 0. The molecule has 2 N–H and O–H groups in total. The topological polar surface area (TPSA) is 52.3 Å². The first-order chi connectivity index (χ1) is 7.74. The van der Waals surface area contributed by atoms with Crippen LogP contribution >= 0.6 is 11.3 Å². The molecule has 16 heavy (non-hydrogen) atoms. The Balaban J connectivity index is 2.55. The molecule has 84 valence electrons. The van der Waals surface area contributed by atoms with Crippen LogP contribution in [-0.4, -0.2) is 12.5 Å². The zero-order valence-electron chi connectivity index (χ0n) is 9.03. The summed E-state index contributed by atoms with van der Waals surface area (Å²) in [5.41, 5.74) is 5.34. The number of hydrogen-bond donors (Lipinski definition) is 1. The van der Waals surface area contributed by atoms with Crippen LogP contribution in [0.2, 0.25) is 0 Å². The number of carbonyl (C=O) groups excluding carboxylic acids is 1. The molecule has 0 radical (unpaired) electrons. The number of carbonyl (C=O) groups is 1. The van der Waals surface area contributed by atoms with Gasteiger partial charge in [0.15, 0.2) is 5.75 Å². The molecule has 1 amide bonds. The van der Waals surface area contributed by atoms with Crippen LogP contribution in [0.4, 0.5) is 0 Å². The lowest BCUT2D eigenvalue weighted by Gasteiger charge is -2.04. The fourth-order valence-corrected chi connectivity index (χ4v) is 2.53. The molecule has 0 aliphatic heterocycles. The Hall–Kier alpha value is -1.55. The minimum absolute atomic E-state index is 0.424. The molecule has 0 aliphatic carbocycles. The van der Waals surface area contributed by atoms with E-state index in [4.69, 9.17) is 10.5 Å². The first-order valence-corrected chi connectivity index (χ1v) is 5.99. The smallest absolute Gasteiger partial charge is 0.262 e. The highest BCUT2D eigenvalue weighted by Crippen LogP contribution is 2.37. The Morgan fingerprint density at radius 2 is 2.19 bits per heavy atom. The Morgan fingerprint density at radius 1 is 1.44 bits per heavy atom. The van der Waals surface area contributed by atoms with E-state index in [-0.39, 0.29) is 0 Å². The van der Waals surface area contributed by atoms with Crippen LogP contribution in [-0.2, 0) is 0 Å². The van der Waals surface area contributed by atoms with E-state index >= 15 is 0 Å². The summed E-state index contributed by atoms with van der Waals surface area (Å²) in [4.78, 5) is 11.8. The summed E-state index contributed by atoms with van der Waals surface area (Å²) in [5, 5.41) is 0.967. The Bertz CT molecular complexity index is 519. The number of hydrogen-bond acceptors (Lipinski definition) is 3. The molecule has 0 spiro atoms. The van der Waals surface area contributed by atoms with Gasteiger partial charge in [0.25, 0.3) is 5.91 Å². The van der Waals surface area contributed by atoms with Gasteiger partial charge in [-0.1, -0.05) is 19.1 Å². The van der Waals surface area contributed by atoms with E-state index in [1.165, 1.54) is 11.3 Å². The molecule has 0 fully saturated rings. The lowest BCUT2D eigenvalue weighted by molar-refractivity contribution is 0.100. The van der Waals surface area contributed by atoms with Gasteiger partial charge >= 0.3 is 0 Å². The minimum Gasteiger partial charge on any atom is -0.491 e. The van der Waals surface area contributed by atoms with Crippen molar-refractivity contribution in [2.75, 3.05) is 6.61 Å². The molecule has 0 atom stereocenters. The van der Waals surface area contributed by atoms with Crippen molar-refractivity contribution < 1.29 is 9.53 Å². The monoisotopic (exact) mass is 235 g/mol. The normalized spacial score (nSPS) is 10.6. The summed E-state index contributed by atoms with van der Waals surface area (Å²) >= 11 is 1.38. The van der Waals surface area contributed by atoms with Gasteiger partial charge < -0.3 is 10.5 Å². The molecule has 0 unspecified atom stereocenters. The molecule has 1 aromatic carbocycles. The average molecular weight is 235 g/mol. The second kappa shape index (κ2) is 4.53. The van der Waals surface area contributed by atoms with Gasteiger partial charge in [-0.25, -0.2) is 0 Å².